The summed E-state index contributed by atoms with van der Waals surface area (Å²) in [6.45, 7) is 1.75. The van der Waals surface area contributed by atoms with Crippen LogP contribution in [0.3, 0.4) is 0 Å². The van der Waals surface area contributed by atoms with Gasteiger partial charge in [0.25, 0.3) is 0 Å². The number of rotatable bonds is 4. The zero-order valence-corrected chi connectivity index (χ0v) is 10.1. The lowest BCUT2D eigenvalue weighted by molar-refractivity contribution is -0.121. The topological polar surface area (TPSA) is 110 Å². The quantitative estimate of drug-likeness (QED) is 0.590. The lowest BCUT2D eigenvalue weighted by Crippen LogP contribution is -2.26. The Morgan fingerprint density at radius 3 is 2.59 bits per heavy atom. The number of carbonyl (C=O) groups is 1. The van der Waals surface area contributed by atoms with Gasteiger partial charge in [-0.05, 0) is 24.6 Å². The van der Waals surface area contributed by atoms with Crippen molar-refractivity contribution in [2.45, 2.75) is 25.6 Å². The number of nitrogen functional groups attached to an aromatic ring is 1. The van der Waals surface area contributed by atoms with Crippen LogP contribution in [0.15, 0.2) is 12.1 Å². The second kappa shape index (κ2) is 5.35. The molecule has 2 unspecified atom stereocenters. The lowest BCUT2D eigenvalue weighted by Gasteiger charge is -2.19. The molecule has 0 saturated carbocycles. The fraction of sp³-hybridized carbons (Fsp3) is 0.364. The molecule has 6 heteroatoms. The van der Waals surface area contributed by atoms with Crippen LogP contribution in [0.4, 0.5) is 5.69 Å². The average Bonchev–Trinajstić information content (AvgIpc) is 2.21. The summed E-state index contributed by atoms with van der Waals surface area (Å²) < 4.78 is 0. The summed E-state index contributed by atoms with van der Waals surface area (Å²) in [6.07, 6.45) is -2.89. The van der Waals surface area contributed by atoms with Crippen LogP contribution in [-0.2, 0) is 4.79 Å². The second-order valence-corrected chi connectivity index (χ2v) is 4.32. The van der Waals surface area contributed by atoms with Gasteiger partial charge in [0.05, 0.1) is 12.5 Å². The van der Waals surface area contributed by atoms with Gasteiger partial charge in [-0.1, -0.05) is 11.6 Å². The Balaban J connectivity index is 2.99. The predicted octanol–water partition coefficient (Wildman–Crippen LogP) is 0.500. The molecule has 0 aliphatic carbocycles. The first-order valence-electron chi connectivity index (χ1n) is 5.03. The van der Waals surface area contributed by atoms with Gasteiger partial charge in [-0.2, -0.15) is 0 Å². The first kappa shape index (κ1) is 13.8. The molecule has 17 heavy (non-hydrogen) atoms. The number of amides is 1. The van der Waals surface area contributed by atoms with Crippen molar-refractivity contribution in [3.63, 3.8) is 0 Å². The van der Waals surface area contributed by atoms with E-state index in [4.69, 9.17) is 23.1 Å². The number of carbonyl (C=O) groups excluding carboxylic acids is 1. The minimum atomic E-state index is -1.28. The summed E-state index contributed by atoms with van der Waals surface area (Å²) in [5.41, 5.74) is 12.1. The fourth-order valence-corrected chi connectivity index (χ4v) is 1.75. The second-order valence-electron chi connectivity index (χ2n) is 3.91. The Morgan fingerprint density at radius 2 is 2.06 bits per heavy atom. The van der Waals surface area contributed by atoms with Crippen LogP contribution in [0.2, 0.25) is 5.02 Å². The third kappa shape index (κ3) is 3.33. The number of primary amides is 1. The van der Waals surface area contributed by atoms with E-state index in [1.807, 2.05) is 0 Å². The van der Waals surface area contributed by atoms with Crippen LogP contribution >= 0.6 is 11.6 Å². The molecule has 5 nitrogen and oxygen atoms in total. The van der Waals surface area contributed by atoms with Crippen LogP contribution in [0.1, 0.15) is 23.7 Å². The van der Waals surface area contributed by atoms with Crippen molar-refractivity contribution in [3.05, 3.63) is 28.3 Å². The molecule has 1 aromatic carbocycles. The Morgan fingerprint density at radius 1 is 1.47 bits per heavy atom. The first-order chi connectivity index (χ1) is 7.82. The van der Waals surface area contributed by atoms with Gasteiger partial charge in [0.1, 0.15) is 6.10 Å². The summed E-state index contributed by atoms with van der Waals surface area (Å²) in [4.78, 5) is 10.6. The molecule has 0 saturated heterocycles. The molecule has 0 bridgehead atoms. The smallest absolute Gasteiger partial charge is 0.220 e. The van der Waals surface area contributed by atoms with Crippen molar-refractivity contribution in [1.29, 1.82) is 0 Å². The van der Waals surface area contributed by atoms with Gasteiger partial charge in [-0.15, -0.1) is 0 Å². The van der Waals surface area contributed by atoms with Crippen LogP contribution in [0, 0.1) is 6.92 Å². The molecule has 94 valence electrons. The molecule has 1 aromatic rings. The van der Waals surface area contributed by atoms with Gasteiger partial charge in [0.15, 0.2) is 0 Å². The van der Waals surface area contributed by atoms with Crippen molar-refractivity contribution in [1.82, 2.24) is 0 Å². The molecule has 0 aliphatic heterocycles. The maximum absolute atomic E-state index is 10.6. The number of benzene rings is 1. The maximum Gasteiger partial charge on any atom is 0.220 e. The van der Waals surface area contributed by atoms with E-state index < -0.39 is 18.1 Å². The van der Waals surface area contributed by atoms with Gasteiger partial charge in [-0.25, -0.2) is 0 Å². The van der Waals surface area contributed by atoms with Gasteiger partial charge < -0.3 is 21.7 Å². The number of hydrogen-bond donors (Lipinski definition) is 4. The molecule has 1 rings (SSSR count). The van der Waals surface area contributed by atoms with E-state index in [9.17, 15) is 15.0 Å². The van der Waals surface area contributed by atoms with Crippen molar-refractivity contribution >= 4 is 23.2 Å². The highest BCUT2D eigenvalue weighted by Crippen LogP contribution is 2.30. The van der Waals surface area contributed by atoms with E-state index in [2.05, 4.69) is 0 Å². The zero-order chi connectivity index (χ0) is 13.2. The highest BCUT2D eigenvalue weighted by atomic mass is 35.5. The first-order valence-corrected chi connectivity index (χ1v) is 5.40. The monoisotopic (exact) mass is 258 g/mol. The summed E-state index contributed by atoms with van der Waals surface area (Å²) in [5, 5.41) is 19.7. The Kier molecular flexibility index (Phi) is 4.34. The number of hydrogen-bond acceptors (Lipinski definition) is 4. The predicted molar refractivity (Wildman–Crippen MR) is 65.4 cm³/mol. The molecule has 0 aromatic heterocycles. The SMILES string of the molecule is Cc1cc(C(O)C(O)CC(N)=O)c(Cl)cc1N. The molecule has 0 aliphatic rings. The number of aliphatic hydroxyl groups is 2. The van der Waals surface area contributed by atoms with E-state index in [-0.39, 0.29) is 11.4 Å². The van der Waals surface area contributed by atoms with Crippen LogP contribution in [-0.4, -0.2) is 22.2 Å². The lowest BCUT2D eigenvalue weighted by atomic mass is 9.99. The molecule has 0 heterocycles. The van der Waals surface area contributed by atoms with Crippen LogP contribution < -0.4 is 11.5 Å². The molecule has 0 fully saturated rings. The van der Waals surface area contributed by atoms with E-state index in [0.717, 1.165) is 5.56 Å². The summed E-state index contributed by atoms with van der Waals surface area (Å²) in [5.74, 6) is -0.695. The van der Waals surface area contributed by atoms with Crippen molar-refractivity contribution in [2.24, 2.45) is 5.73 Å². The van der Waals surface area contributed by atoms with Gasteiger partial charge in [0.2, 0.25) is 5.91 Å². The number of aliphatic hydroxyl groups excluding tert-OH is 2. The summed E-state index contributed by atoms with van der Waals surface area (Å²) in [7, 11) is 0. The normalized spacial score (nSPS) is 14.4. The van der Waals surface area contributed by atoms with Gasteiger partial charge >= 0.3 is 0 Å². The Bertz CT molecular complexity index is 437. The number of halogens is 1. The standard InChI is InChI=1S/C11H15ClN2O3/c1-5-2-6(7(12)3-8(5)13)11(17)9(15)4-10(14)16/h2-3,9,11,15,17H,4,13H2,1H3,(H2,14,16). The molecular formula is C11H15ClN2O3. The van der Waals surface area contributed by atoms with E-state index >= 15 is 0 Å². The van der Waals surface area contributed by atoms with Crippen molar-refractivity contribution < 1.29 is 15.0 Å². The van der Waals surface area contributed by atoms with Crippen LogP contribution in [0.5, 0.6) is 0 Å². The van der Waals surface area contributed by atoms with Crippen molar-refractivity contribution in [2.75, 3.05) is 5.73 Å². The summed E-state index contributed by atoms with van der Waals surface area (Å²) >= 11 is 5.91. The fourth-order valence-electron chi connectivity index (χ4n) is 1.47. The molecular weight excluding hydrogens is 244 g/mol. The Hall–Kier alpha value is -1.30. The maximum atomic E-state index is 10.6. The molecule has 6 N–H and O–H groups in total. The highest BCUT2D eigenvalue weighted by Gasteiger charge is 2.23. The Labute approximate surface area is 104 Å². The van der Waals surface area contributed by atoms with E-state index in [1.54, 1.807) is 13.0 Å². The van der Waals surface area contributed by atoms with Gasteiger partial charge in [-0.3, -0.25) is 4.79 Å². The number of nitrogens with two attached hydrogens (primary N) is 2. The van der Waals surface area contributed by atoms with Crippen molar-refractivity contribution in [3.8, 4) is 0 Å². The third-order valence-electron chi connectivity index (χ3n) is 2.48. The van der Waals surface area contributed by atoms with Crippen LogP contribution in [0.25, 0.3) is 0 Å². The van der Waals surface area contributed by atoms with E-state index in [1.165, 1.54) is 6.07 Å². The largest absolute Gasteiger partial charge is 0.398 e. The minimum absolute atomic E-state index is 0.240. The molecule has 2 atom stereocenters. The zero-order valence-electron chi connectivity index (χ0n) is 9.35. The number of anilines is 1. The number of aryl methyl sites for hydroxylation is 1. The minimum Gasteiger partial charge on any atom is -0.398 e. The summed E-state index contributed by atoms with van der Waals surface area (Å²) in [6, 6.07) is 3.07. The molecule has 1 amide bonds. The van der Waals surface area contributed by atoms with E-state index in [0.29, 0.717) is 11.3 Å². The molecule has 0 radical (unpaired) electrons. The highest BCUT2D eigenvalue weighted by molar-refractivity contribution is 6.31. The average molecular weight is 259 g/mol. The molecule has 0 spiro atoms. The third-order valence-corrected chi connectivity index (χ3v) is 2.81. The van der Waals surface area contributed by atoms with Gasteiger partial charge in [0, 0.05) is 16.3 Å².